The molecule has 24 heavy (non-hydrogen) atoms. The number of aromatic nitrogens is 4. The Labute approximate surface area is 139 Å². The highest BCUT2D eigenvalue weighted by atomic mass is 16.5. The number of nitrogen functional groups attached to an aromatic ring is 1. The molecule has 0 radical (unpaired) electrons. The third-order valence-corrected chi connectivity index (χ3v) is 3.25. The summed E-state index contributed by atoms with van der Waals surface area (Å²) in [7, 11) is 1.55. The molecule has 0 spiro atoms. The highest BCUT2D eigenvalue weighted by Crippen LogP contribution is 2.27. The Morgan fingerprint density at radius 2 is 2.08 bits per heavy atom. The average molecular weight is 323 g/mol. The van der Waals surface area contributed by atoms with Crippen LogP contribution in [0.2, 0.25) is 0 Å². The minimum Gasteiger partial charge on any atom is -0.480 e. The van der Waals surface area contributed by atoms with E-state index in [0.717, 1.165) is 10.9 Å². The minimum absolute atomic E-state index is 0.192. The molecule has 0 aromatic carbocycles. The summed E-state index contributed by atoms with van der Waals surface area (Å²) < 4.78 is 7.21. The maximum atomic E-state index is 9.77. The number of rotatable bonds is 2. The monoisotopic (exact) mass is 323 g/mol. The van der Waals surface area contributed by atoms with Gasteiger partial charge in [-0.05, 0) is 38.0 Å². The van der Waals surface area contributed by atoms with E-state index < -0.39 is 5.60 Å². The van der Waals surface area contributed by atoms with E-state index in [1.54, 1.807) is 33.2 Å². The molecular formula is C17H17N5O2. The van der Waals surface area contributed by atoms with Crippen molar-refractivity contribution in [2.24, 2.45) is 0 Å². The predicted molar refractivity (Wildman–Crippen MR) is 90.8 cm³/mol. The Morgan fingerprint density at radius 1 is 1.29 bits per heavy atom. The highest BCUT2D eigenvalue weighted by Gasteiger charge is 2.13. The molecule has 0 saturated heterocycles. The second-order valence-corrected chi connectivity index (χ2v) is 5.72. The number of hydrogen-bond acceptors (Lipinski definition) is 6. The molecule has 0 fully saturated rings. The highest BCUT2D eigenvalue weighted by molar-refractivity contribution is 5.87. The van der Waals surface area contributed by atoms with Crippen LogP contribution in [0.4, 0.5) is 5.95 Å². The molecule has 0 bridgehead atoms. The van der Waals surface area contributed by atoms with Gasteiger partial charge in [-0.2, -0.15) is 4.98 Å². The normalized spacial score (nSPS) is 11.2. The van der Waals surface area contributed by atoms with Crippen LogP contribution in [0.25, 0.3) is 16.7 Å². The Hall–Kier alpha value is -3.11. The first-order valence-electron chi connectivity index (χ1n) is 7.28. The van der Waals surface area contributed by atoms with Gasteiger partial charge in [0.25, 0.3) is 0 Å². The standard InChI is InChI=1S/C17H17N5O2/c1-17(2,23)7-4-11-10-13-12(15(20-11)24-3)6-9-22(13)14-5-8-19-16(18)21-14/h5-6,8-10,23H,1-3H3,(H2,18,19,21). The van der Waals surface area contributed by atoms with Crippen molar-refractivity contribution >= 4 is 16.9 Å². The topological polar surface area (TPSA) is 99.1 Å². The molecule has 3 rings (SSSR count). The molecule has 3 aromatic rings. The first kappa shape index (κ1) is 15.8. The number of aliphatic hydroxyl groups is 1. The first-order valence-corrected chi connectivity index (χ1v) is 7.28. The molecule has 0 aliphatic carbocycles. The molecule has 3 N–H and O–H groups in total. The Kier molecular flexibility index (Phi) is 3.83. The third-order valence-electron chi connectivity index (χ3n) is 3.25. The fraction of sp³-hybridized carbons (Fsp3) is 0.235. The zero-order valence-electron chi connectivity index (χ0n) is 13.6. The summed E-state index contributed by atoms with van der Waals surface area (Å²) in [6, 6.07) is 5.45. The van der Waals surface area contributed by atoms with Gasteiger partial charge >= 0.3 is 0 Å². The lowest BCUT2D eigenvalue weighted by molar-refractivity contribution is 0.143. The molecule has 3 aromatic heterocycles. The van der Waals surface area contributed by atoms with E-state index in [1.165, 1.54) is 0 Å². The van der Waals surface area contributed by atoms with Crippen molar-refractivity contribution in [3.05, 3.63) is 36.3 Å². The van der Waals surface area contributed by atoms with Gasteiger partial charge in [-0.1, -0.05) is 5.92 Å². The van der Waals surface area contributed by atoms with Gasteiger partial charge in [-0.25, -0.2) is 9.97 Å². The maximum absolute atomic E-state index is 9.77. The van der Waals surface area contributed by atoms with Gasteiger partial charge in [0.2, 0.25) is 11.8 Å². The van der Waals surface area contributed by atoms with Crippen LogP contribution < -0.4 is 10.5 Å². The maximum Gasteiger partial charge on any atom is 0.223 e. The van der Waals surface area contributed by atoms with Gasteiger partial charge in [-0.3, -0.25) is 0 Å². The summed E-state index contributed by atoms with van der Waals surface area (Å²) in [5.74, 6) is 6.89. The molecular weight excluding hydrogens is 306 g/mol. The van der Waals surface area contributed by atoms with Gasteiger partial charge in [0.1, 0.15) is 17.1 Å². The number of methoxy groups -OCH3 is 1. The molecule has 0 saturated carbocycles. The third kappa shape index (κ3) is 3.14. The predicted octanol–water partition coefficient (Wildman–Crippen LogP) is 1.53. The molecule has 0 amide bonds. The van der Waals surface area contributed by atoms with Crippen LogP contribution in [-0.4, -0.2) is 37.3 Å². The van der Waals surface area contributed by atoms with Crippen molar-refractivity contribution in [2.75, 3.05) is 12.8 Å². The number of nitrogens with two attached hydrogens (primary N) is 1. The molecule has 7 nitrogen and oxygen atoms in total. The van der Waals surface area contributed by atoms with Gasteiger partial charge < -0.3 is 20.1 Å². The van der Waals surface area contributed by atoms with E-state index in [1.807, 2.05) is 22.9 Å². The number of pyridine rings is 1. The molecule has 0 aliphatic rings. The Balaban J connectivity index is 2.21. The van der Waals surface area contributed by atoms with Crippen molar-refractivity contribution in [1.29, 1.82) is 0 Å². The number of ether oxygens (including phenoxy) is 1. The zero-order valence-corrected chi connectivity index (χ0v) is 13.6. The number of anilines is 1. The van der Waals surface area contributed by atoms with Crippen LogP contribution in [0, 0.1) is 11.8 Å². The van der Waals surface area contributed by atoms with Crippen molar-refractivity contribution in [2.45, 2.75) is 19.4 Å². The van der Waals surface area contributed by atoms with E-state index in [2.05, 4.69) is 26.8 Å². The fourth-order valence-corrected chi connectivity index (χ4v) is 2.24. The minimum atomic E-state index is -1.10. The van der Waals surface area contributed by atoms with Crippen molar-refractivity contribution in [3.8, 4) is 23.5 Å². The van der Waals surface area contributed by atoms with Crippen LogP contribution in [-0.2, 0) is 0 Å². The molecule has 3 heterocycles. The fourth-order valence-electron chi connectivity index (χ4n) is 2.24. The molecule has 0 atom stereocenters. The lowest BCUT2D eigenvalue weighted by atomic mass is 10.1. The molecule has 0 aliphatic heterocycles. The van der Waals surface area contributed by atoms with E-state index in [9.17, 15) is 5.11 Å². The molecule has 7 heteroatoms. The Morgan fingerprint density at radius 3 is 2.75 bits per heavy atom. The van der Waals surface area contributed by atoms with E-state index >= 15 is 0 Å². The van der Waals surface area contributed by atoms with Gasteiger partial charge in [0.15, 0.2) is 0 Å². The molecule has 122 valence electrons. The second kappa shape index (κ2) is 5.83. The van der Waals surface area contributed by atoms with Gasteiger partial charge in [0, 0.05) is 12.4 Å². The zero-order chi connectivity index (χ0) is 17.3. The van der Waals surface area contributed by atoms with Crippen LogP contribution in [0.5, 0.6) is 5.88 Å². The Bertz CT molecular complexity index is 960. The summed E-state index contributed by atoms with van der Waals surface area (Å²) >= 11 is 0. The molecule has 0 unspecified atom stereocenters. The van der Waals surface area contributed by atoms with Crippen molar-refractivity contribution in [1.82, 2.24) is 19.5 Å². The smallest absolute Gasteiger partial charge is 0.223 e. The van der Waals surface area contributed by atoms with Crippen LogP contribution in [0.3, 0.4) is 0 Å². The average Bonchev–Trinajstić information content (AvgIpc) is 2.95. The SMILES string of the molecule is COc1nc(C#CC(C)(C)O)cc2c1ccn2-c1ccnc(N)n1. The summed E-state index contributed by atoms with van der Waals surface area (Å²) in [5.41, 5.74) is 5.87. The van der Waals surface area contributed by atoms with Crippen molar-refractivity contribution in [3.63, 3.8) is 0 Å². The van der Waals surface area contributed by atoms with Gasteiger partial charge in [0.05, 0.1) is 18.0 Å². The van der Waals surface area contributed by atoms with Crippen LogP contribution >= 0.6 is 0 Å². The lowest BCUT2D eigenvalue weighted by Crippen LogP contribution is -2.14. The van der Waals surface area contributed by atoms with E-state index in [-0.39, 0.29) is 5.95 Å². The largest absolute Gasteiger partial charge is 0.480 e. The number of fused-ring (bicyclic) bond motifs is 1. The second-order valence-electron chi connectivity index (χ2n) is 5.72. The summed E-state index contributed by atoms with van der Waals surface area (Å²) in [6.45, 7) is 3.23. The summed E-state index contributed by atoms with van der Waals surface area (Å²) in [5, 5.41) is 10.6. The van der Waals surface area contributed by atoms with Crippen molar-refractivity contribution < 1.29 is 9.84 Å². The summed E-state index contributed by atoms with van der Waals surface area (Å²) in [6.07, 6.45) is 3.45. The van der Waals surface area contributed by atoms with E-state index in [0.29, 0.717) is 17.4 Å². The number of nitrogens with zero attached hydrogens (tertiary/aromatic N) is 4. The first-order chi connectivity index (χ1) is 11.4. The number of hydrogen-bond donors (Lipinski definition) is 2. The summed E-state index contributed by atoms with van der Waals surface area (Å²) in [4.78, 5) is 12.5. The lowest BCUT2D eigenvalue weighted by Gasteiger charge is -2.08. The van der Waals surface area contributed by atoms with Crippen LogP contribution in [0.1, 0.15) is 19.5 Å². The van der Waals surface area contributed by atoms with Gasteiger partial charge in [-0.15, -0.1) is 0 Å². The van der Waals surface area contributed by atoms with Crippen LogP contribution in [0.15, 0.2) is 30.6 Å². The quantitative estimate of drug-likeness (QED) is 0.694. The van der Waals surface area contributed by atoms with E-state index in [4.69, 9.17) is 10.5 Å².